The van der Waals surface area contributed by atoms with E-state index in [0.29, 0.717) is 11.4 Å². The van der Waals surface area contributed by atoms with Gasteiger partial charge in [-0.05, 0) is 52.7 Å². The standard InChI is InChI=1S/C18H18FN5O2/c1-12-21-22-23-24(12)16-8-2-13(3-9-16)10-18(26)20-17(11-25)14-4-6-15(19)7-5-14/h2-9,17,25H,10-11H2,1H3,(H,20,26). The number of tetrazole rings is 1. The predicted molar refractivity (Wildman–Crippen MR) is 92.0 cm³/mol. The maximum absolute atomic E-state index is 13.0. The molecule has 8 heteroatoms. The van der Waals surface area contributed by atoms with Crippen molar-refractivity contribution in [1.29, 1.82) is 0 Å². The summed E-state index contributed by atoms with van der Waals surface area (Å²) >= 11 is 0. The van der Waals surface area contributed by atoms with Crippen LogP contribution in [0.3, 0.4) is 0 Å². The molecule has 0 radical (unpaired) electrons. The lowest BCUT2D eigenvalue weighted by atomic mass is 10.1. The molecule has 2 aromatic carbocycles. The lowest BCUT2D eigenvalue weighted by Crippen LogP contribution is -2.31. The average Bonchev–Trinajstić information content (AvgIpc) is 3.07. The Labute approximate surface area is 149 Å². The minimum atomic E-state index is -0.578. The summed E-state index contributed by atoms with van der Waals surface area (Å²) in [5.74, 6) is 0.0648. The van der Waals surface area contributed by atoms with E-state index in [9.17, 15) is 14.3 Å². The summed E-state index contributed by atoms with van der Waals surface area (Å²) < 4.78 is 14.6. The number of nitrogens with zero attached hydrogens (tertiary/aromatic N) is 4. The van der Waals surface area contributed by atoms with Crippen LogP contribution in [0.15, 0.2) is 48.5 Å². The highest BCUT2D eigenvalue weighted by Gasteiger charge is 2.14. The Morgan fingerprint density at radius 1 is 1.19 bits per heavy atom. The maximum atomic E-state index is 13.0. The summed E-state index contributed by atoms with van der Waals surface area (Å²) in [4.78, 5) is 12.3. The number of aryl methyl sites for hydroxylation is 1. The summed E-state index contributed by atoms with van der Waals surface area (Å²) in [6.45, 7) is 1.53. The summed E-state index contributed by atoms with van der Waals surface area (Å²) in [7, 11) is 0. The number of rotatable bonds is 6. The van der Waals surface area contributed by atoms with Gasteiger partial charge in [0.25, 0.3) is 0 Å². The van der Waals surface area contributed by atoms with E-state index in [1.54, 1.807) is 23.7 Å². The Balaban J connectivity index is 1.64. The number of aliphatic hydroxyl groups excluding tert-OH is 1. The number of halogens is 1. The molecule has 0 saturated carbocycles. The molecule has 0 aliphatic carbocycles. The normalized spacial score (nSPS) is 12.0. The van der Waals surface area contributed by atoms with Crippen LogP contribution in [0.25, 0.3) is 5.69 Å². The molecule has 7 nitrogen and oxygen atoms in total. The van der Waals surface area contributed by atoms with Crippen molar-refractivity contribution in [2.75, 3.05) is 6.61 Å². The van der Waals surface area contributed by atoms with Gasteiger partial charge >= 0.3 is 0 Å². The molecule has 134 valence electrons. The third kappa shape index (κ3) is 4.09. The molecule has 0 bridgehead atoms. The molecule has 1 aromatic heterocycles. The van der Waals surface area contributed by atoms with Crippen LogP contribution in [-0.2, 0) is 11.2 Å². The van der Waals surface area contributed by atoms with Crippen LogP contribution in [0.1, 0.15) is 23.0 Å². The summed E-state index contributed by atoms with van der Waals surface area (Å²) in [6, 6.07) is 12.4. The van der Waals surface area contributed by atoms with Crippen LogP contribution in [0.2, 0.25) is 0 Å². The topological polar surface area (TPSA) is 92.9 Å². The van der Waals surface area contributed by atoms with E-state index >= 15 is 0 Å². The summed E-state index contributed by atoms with van der Waals surface area (Å²) in [6.07, 6.45) is 0.159. The van der Waals surface area contributed by atoms with Crippen LogP contribution in [0, 0.1) is 12.7 Å². The Morgan fingerprint density at radius 3 is 2.46 bits per heavy atom. The van der Waals surface area contributed by atoms with Gasteiger partial charge in [-0.3, -0.25) is 4.79 Å². The number of carbonyl (C=O) groups is 1. The van der Waals surface area contributed by atoms with Gasteiger partial charge in [0.2, 0.25) is 5.91 Å². The first kappa shape index (κ1) is 17.7. The second kappa shape index (κ2) is 7.83. The fraction of sp³-hybridized carbons (Fsp3) is 0.222. The zero-order chi connectivity index (χ0) is 18.5. The van der Waals surface area contributed by atoms with Gasteiger partial charge in [-0.2, -0.15) is 4.68 Å². The van der Waals surface area contributed by atoms with Gasteiger partial charge in [-0.15, -0.1) is 5.10 Å². The fourth-order valence-corrected chi connectivity index (χ4v) is 2.59. The van der Waals surface area contributed by atoms with Gasteiger partial charge in [-0.1, -0.05) is 24.3 Å². The third-order valence-corrected chi connectivity index (χ3v) is 3.96. The second-order valence-electron chi connectivity index (χ2n) is 5.84. The highest BCUT2D eigenvalue weighted by atomic mass is 19.1. The van der Waals surface area contributed by atoms with Crippen molar-refractivity contribution in [3.8, 4) is 5.69 Å². The van der Waals surface area contributed by atoms with Crippen LogP contribution in [0.4, 0.5) is 4.39 Å². The predicted octanol–water partition coefficient (Wildman–Crippen LogP) is 1.50. The fourth-order valence-electron chi connectivity index (χ4n) is 2.59. The summed E-state index contributed by atoms with van der Waals surface area (Å²) in [5.41, 5.74) is 2.26. The highest BCUT2D eigenvalue weighted by molar-refractivity contribution is 5.79. The number of benzene rings is 2. The first-order valence-electron chi connectivity index (χ1n) is 8.07. The van der Waals surface area contributed by atoms with E-state index in [1.165, 1.54) is 12.1 Å². The van der Waals surface area contributed by atoms with Crippen LogP contribution < -0.4 is 5.32 Å². The molecule has 3 rings (SSSR count). The third-order valence-electron chi connectivity index (χ3n) is 3.96. The smallest absolute Gasteiger partial charge is 0.224 e. The Kier molecular flexibility index (Phi) is 5.33. The number of aliphatic hydroxyl groups is 1. The monoisotopic (exact) mass is 355 g/mol. The van der Waals surface area contributed by atoms with Crippen LogP contribution in [-0.4, -0.2) is 37.8 Å². The molecule has 1 atom stereocenters. The molecule has 0 aliphatic rings. The minimum Gasteiger partial charge on any atom is -0.394 e. The molecule has 0 aliphatic heterocycles. The first-order chi connectivity index (χ1) is 12.6. The second-order valence-corrected chi connectivity index (χ2v) is 5.84. The van der Waals surface area contributed by atoms with Gasteiger partial charge in [0, 0.05) is 0 Å². The SMILES string of the molecule is Cc1nnnn1-c1ccc(CC(=O)NC(CO)c2ccc(F)cc2)cc1. The van der Waals surface area contributed by atoms with E-state index in [0.717, 1.165) is 11.3 Å². The maximum Gasteiger partial charge on any atom is 0.224 e. The van der Waals surface area contributed by atoms with Crippen molar-refractivity contribution >= 4 is 5.91 Å². The van der Waals surface area contributed by atoms with E-state index in [2.05, 4.69) is 20.8 Å². The summed E-state index contributed by atoms with van der Waals surface area (Å²) in [5, 5.41) is 23.6. The van der Waals surface area contributed by atoms with Gasteiger partial charge in [0.1, 0.15) is 5.82 Å². The highest BCUT2D eigenvalue weighted by Crippen LogP contribution is 2.14. The van der Waals surface area contributed by atoms with Crippen molar-refractivity contribution < 1.29 is 14.3 Å². The number of hydrogen-bond acceptors (Lipinski definition) is 5. The van der Waals surface area contributed by atoms with Crippen molar-refractivity contribution in [1.82, 2.24) is 25.5 Å². The van der Waals surface area contributed by atoms with Crippen molar-refractivity contribution in [2.45, 2.75) is 19.4 Å². The zero-order valence-electron chi connectivity index (χ0n) is 14.1. The molecule has 1 heterocycles. The van der Waals surface area contributed by atoms with Gasteiger partial charge in [0.05, 0.1) is 24.8 Å². The molecule has 2 N–H and O–H groups in total. The van der Waals surface area contributed by atoms with E-state index in [-0.39, 0.29) is 24.8 Å². The van der Waals surface area contributed by atoms with E-state index < -0.39 is 6.04 Å². The number of carbonyl (C=O) groups excluding carboxylic acids is 1. The van der Waals surface area contributed by atoms with Crippen LogP contribution >= 0.6 is 0 Å². The lowest BCUT2D eigenvalue weighted by molar-refractivity contribution is -0.121. The van der Waals surface area contributed by atoms with Gasteiger partial charge < -0.3 is 10.4 Å². The molecule has 0 fully saturated rings. The Morgan fingerprint density at radius 2 is 1.88 bits per heavy atom. The van der Waals surface area contributed by atoms with Crippen molar-refractivity contribution in [3.05, 3.63) is 71.3 Å². The van der Waals surface area contributed by atoms with Crippen molar-refractivity contribution in [2.24, 2.45) is 0 Å². The molecule has 0 saturated heterocycles. The first-order valence-corrected chi connectivity index (χ1v) is 8.07. The molecule has 1 amide bonds. The number of nitrogens with one attached hydrogen (secondary N) is 1. The Hall–Kier alpha value is -3.13. The number of aromatic nitrogens is 4. The molecule has 26 heavy (non-hydrogen) atoms. The molecule has 3 aromatic rings. The zero-order valence-corrected chi connectivity index (χ0v) is 14.1. The van der Waals surface area contributed by atoms with Gasteiger partial charge in [0.15, 0.2) is 5.82 Å². The lowest BCUT2D eigenvalue weighted by Gasteiger charge is -2.17. The average molecular weight is 355 g/mol. The largest absolute Gasteiger partial charge is 0.394 e. The molecule has 0 spiro atoms. The Bertz CT molecular complexity index is 877. The van der Waals surface area contributed by atoms with Crippen molar-refractivity contribution in [3.63, 3.8) is 0 Å². The number of amides is 1. The van der Waals surface area contributed by atoms with Gasteiger partial charge in [-0.25, -0.2) is 4.39 Å². The quantitative estimate of drug-likeness (QED) is 0.699. The van der Waals surface area contributed by atoms with Crippen LogP contribution in [0.5, 0.6) is 0 Å². The van der Waals surface area contributed by atoms with E-state index in [4.69, 9.17) is 0 Å². The molecular formula is C18H18FN5O2. The minimum absolute atomic E-state index is 0.159. The number of hydrogen-bond donors (Lipinski definition) is 2. The molecular weight excluding hydrogens is 337 g/mol. The van der Waals surface area contributed by atoms with E-state index in [1.807, 2.05) is 24.3 Å². The molecule has 1 unspecified atom stereocenters.